The molecule has 0 radical (unpaired) electrons. The maximum atomic E-state index is 3.43. The summed E-state index contributed by atoms with van der Waals surface area (Å²) in [5, 5.41) is 3.43. The van der Waals surface area contributed by atoms with Crippen LogP contribution in [0.2, 0.25) is 0 Å². The van der Waals surface area contributed by atoms with Gasteiger partial charge in [0, 0.05) is 44.3 Å². The lowest BCUT2D eigenvalue weighted by atomic mass is 10.0. The van der Waals surface area contributed by atoms with Gasteiger partial charge in [-0.3, -0.25) is 9.80 Å². The van der Waals surface area contributed by atoms with E-state index in [1.165, 1.54) is 32.7 Å². The van der Waals surface area contributed by atoms with E-state index in [1.807, 2.05) is 0 Å². The van der Waals surface area contributed by atoms with Crippen molar-refractivity contribution in [1.82, 2.24) is 15.1 Å². The summed E-state index contributed by atoms with van der Waals surface area (Å²) in [5.41, 5.74) is 0.326. The largest absolute Gasteiger partial charge is 0.315 e. The number of nitrogens with one attached hydrogen (secondary N) is 1. The molecular weight excluding hydrogens is 210 g/mol. The second-order valence-electron chi connectivity index (χ2n) is 6.60. The molecule has 3 nitrogen and oxygen atoms in total. The van der Waals surface area contributed by atoms with Gasteiger partial charge in [0.15, 0.2) is 0 Å². The highest BCUT2D eigenvalue weighted by Crippen LogP contribution is 2.16. The Morgan fingerprint density at radius 3 is 1.94 bits per heavy atom. The van der Waals surface area contributed by atoms with Gasteiger partial charge in [0.2, 0.25) is 0 Å². The normalized spacial score (nSPS) is 22.1. The van der Waals surface area contributed by atoms with Crippen molar-refractivity contribution in [3.05, 3.63) is 0 Å². The van der Waals surface area contributed by atoms with Crippen molar-refractivity contribution in [3.8, 4) is 0 Å². The molecular formula is C14H31N3. The summed E-state index contributed by atoms with van der Waals surface area (Å²) in [7, 11) is 2.08. The van der Waals surface area contributed by atoms with Gasteiger partial charge in [-0.15, -0.1) is 0 Å². The Morgan fingerprint density at radius 1 is 1.06 bits per heavy atom. The Kier molecular flexibility index (Phi) is 5.42. The van der Waals surface area contributed by atoms with Crippen LogP contribution in [0.15, 0.2) is 0 Å². The molecule has 1 fully saturated rings. The predicted octanol–water partition coefficient (Wildman–Crippen LogP) is 1.65. The van der Waals surface area contributed by atoms with Crippen LogP contribution in [0.4, 0.5) is 0 Å². The van der Waals surface area contributed by atoms with Crippen molar-refractivity contribution in [2.75, 3.05) is 39.8 Å². The summed E-state index contributed by atoms with van der Waals surface area (Å²) in [4.78, 5) is 5.19. The summed E-state index contributed by atoms with van der Waals surface area (Å²) in [6.45, 7) is 17.6. The van der Waals surface area contributed by atoms with E-state index < -0.39 is 0 Å². The van der Waals surface area contributed by atoms with Crippen molar-refractivity contribution in [1.29, 1.82) is 0 Å². The third kappa shape index (κ3) is 4.57. The van der Waals surface area contributed by atoms with E-state index >= 15 is 0 Å². The number of hydrogen-bond donors (Lipinski definition) is 1. The van der Waals surface area contributed by atoms with Crippen LogP contribution in [-0.4, -0.2) is 61.2 Å². The fourth-order valence-corrected chi connectivity index (χ4v) is 2.51. The lowest BCUT2D eigenvalue weighted by molar-refractivity contribution is 0.0559. The molecule has 0 aromatic heterocycles. The molecule has 17 heavy (non-hydrogen) atoms. The first-order valence-corrected chi connectivity index (χ1v) is 6.99. The highest BCUT2D eigenvalue weighted by atomic mass is 15.3. The fourth-order valence-electron chi connectivity index (χ4n) is 2.51. The Balaban J connectivity index is 2.37. The second kappa shape index (κ2) is 6.17. The standard InChI is InChI=1S/C14H31N3/c1-12(2)13(15-6)11-16-7-9-17(10-8-16)14(3,4)5/h12-13,15H,7-11H2,1-6H3. The molecule has 0 aromatic rings. The molecule has 1 atom stereocenters. The Morgan fingerprint density at radius 2 is 1.59 bits per heavy atom. The van der Waals surface area contributed by atoms with Gasteiger partial charge in [-0.25, -0.2) is 0 Å². The number of piperazine rings is 1. The molecule has 1 unspecified atom stereocenters. The minimum Gasteiger partial charge on any atom is -0.315 e. The molecule has 0 amide bonds. The second-order valence-corrected chi connectivity index (χ2v) is 6.60. The minimum atomic E-state index is 0.326. The molecule has 0 aromatic carbocycles. The summed E-state index contributed by atoms with van der Waals surface area (Å²) in [5.74, 6) is 0.709. The van der Waals surface area contributed by atoms with Gasteiger partial charge in [-0.1, -0.05) is 13.8 Å². The van der Waals surface area contributed by atoms with Gasteiger partial charge >= 0.3 is 0 Å². The molecule has 3 heteroatoms. The molecule has 0 bridgehead atoms. The number of rotatable bonds is 4. The molecule has 0 saturated carbocycles. The third-order valence-corrected chi connectivity index (χ3v) is 3.95. The van der Waals surface area contributed by atoms with Crippen molar-refractivity contribution < 1.29 is 0 Å². The molecule has 102 valence electrons. The van der Waals surface area contributed by atoms with Gasteiger partial charge in [0.25, 0.3) is 0 Å². The van der Waals surface area contributed by atoms with Gasteiger partial charge < -0.3 is 5.32 Å². The van der Waals surface area contributed by atoms with Crippen LogP contribution in [0.1, 0.15) is 34.6 Å². The lowest BCUT2D eigenvalue weighted by Gasteiger charge is -2.43. The van der Waals surface area contributed by atoms with Crippen LogP contribution in [0.5, 0.6) is 0 Å². The highest BCUT2D eigenvalue weighted by Gasteiger charge is 2.26. The van der Waals surface area contributed by atoms with Crippen molar-refractivity contribution in [2.45, 2.75) is 46.2 Å². The molecule has 1 saturated heterocycles. The molecule has 1 heterocycles. The number of hydrogen-bond acceptors (Lipinski definition) is 3. The van der Waals surface area contributed by atoms with Crippen LogP contribution >= 0.6 is 0 Å². The van der Waals surface area contributed by atoms with Gasteiger partial charge in [0.1, 0.15) is 0 Å². The summed E-state index contributed by atoms with van der Waals surface area (Å²) in [6, 6.07) is 0.621. The average Bonchev–Trinajstić information content (AvgIpc) is 2.25. The van der Waals surface area contributed by atoms with E-state index in [0.717, 1.165) is 0 Å². The monoisotopic (exact) mass is 241 g/mol. The lowest BCUT2D eigenvalue weighted by Crippen LogP contribution is -2.55. The first-order chi connectivity index (χ1) is 7.84. The Bertz CT molecular complexity index is 212. The zero-order valence-corrected chi connectivity index (χ0v) is 12.6. The van der Waals surface area contributed by atoms with Crippen molar-refractivity contribution in [2.24, 2.45) is 5.92 Å². The number of likely N-dealkylation sites (N-methyl/N-ethyl adjacent to an activating group) is 1. The van der Waals surface area contributed by atoms with Gasteiger partial charge in [-0.2, -0.15) is 0 Å². The molecule has 1 N–H and O–H groups in total. The van der Waals surface area contributed by atoms with E-state index in [-0.39, 0.29) is 0 Å². The van der Waals surface area contributed by atoms with Gasteiger partial charge in [0.05, 0.1) is 0 Å². The summed E-state index contributed by atoms with van der Waals surface area (Å²) in [6.07, 6.45) is 0. The maximum absolute atomic E-state index is 3.43. The summed E-state index contributed by atoms with van der Waals surface area (Å²) >= 11 is 0. The molecule has 1 aliphatic heterocycles. The van der Waals surface area contributed by atoms with E-state index in [4.69, 9.17) is 0 Å². The zero-order valence-electron chi connectivity index (χ0n) is 12.6. The Labute approximate surface area is 108 Å². The van der Waals surface area contributed by atoms with E-state index in [1.54, 1.807) is 0 Å². The number of nitrogens with zero attached hydrogens (tertiary/aromatic N) is 2. The van der Waals surface area contributed by atoms with Crippen LogP contribution in [0.25, 0.3) is 0 Å². The highest BCUT2D eigenvalue weighted by molar-refractivity contribution is 4.84. The first-order valence-electron chi connectivity index (χ1n) is 6.99. The van der Waals surface area contributed by atoms with Crippen LogP contribution in [0.3, 0.4) is 0 Å². The average molecular weight is 241 g/mol. The molecule has 1 aliphatic rings. The maximum Gasteiger partial charge on any atom is 0.0214 e. The van der Waals surface area contributed by atoms with Crippen molar-refractivity contribution >= 4 is 0 Å². The quantitative estimate of drug-likeness (QED) is 0.807. The molecule has 0 spiro atoms. The van der Waals surface area contributed by atoms with E-state index in [2.05, 4.69) is 56.8 Å². The third-order valence-electron chi connectivity index (χ3n) is 3.95. The SMILES string of the molecule is CNC(CN1CCN(C(C)(C)C)CC1)C(C)C. The van der Waals surface area contributed by atoms with Crippen molar-refractivity contribution in [3.63, 3.8) is 0 Å². The topological polar surface area (TPSA) is 18.5 Å². The van der Waals surface area contributed by atoms with Crippen LogP contribution in [-0.2, 0) is 0 Å². The van der Waals surface area contributed by atoms with E-state index in [0.29, 0.717) is 17.5 Å². The molecule has 1 rings (SSSR count). The predicted molar refractivity (Wildman–Crippen MR) is 75.5 cm³/mol. The molecule has 0 aliphatic carbocycles. The zero-order chi connectivity index (χ0) is 13.1. The smallest absolute Gasteiger partial charge is 0.0214 e. The van der Waals surface area contributed by atoms with Crippen LogP contribution in [0, 0.1) is 5.92 Å². The van der Waals surface area contributed by atoms with Gasteiger partial charge in [-0.05, 0) is 33.7 Å². The Hall–Kier alpha value is -0.120. The fraction of sp³-hybridized carbons (Fsp3) is 1.00. The van der Waals surface area contributed by atoms with Crippen LogP contribution < -0.4 is 5.32 Å². The summed E-state index contributed by atoms with van der Waals surface area (Å²) < 4.78 is 0. The van der Waals surface area contributed by atoms with E-state index in [9.17, 15) is 0 Å². The first kappa shape index (κ1) is 14.9. The minimum absolute atomic E-state index is 0.326.